The monoisotopic (exact) mass is 242 g/mol. The zero-order valence-electron chi connectivity index (χ0n) is 12.6. The molecule has 0 amide bonds. The van der Waals surface area contributed by atoms with E-state index < -0.39 is 0 Å². The van der Waals surface area contributed by atoms with Crippen LogP contribution in [0.4, 0.5) is 0 Å². The van der Waals surface area contributed by atoms with E-state index in [2.05, 4.69) is 20.8 Å². The van der Waals surface area contributed by atoms with Gasteiger partial charge in [-0.05, 0) is 46.5 Å². The molecule has 0 aliphatic carbocycles. The molecular formula is C15H30O2. The predicted octanol–water partition coefficient (Wildman–Crippen LogP) is 4.71. The molecule has 0 aromatic carbocycles. The topological polar surface area (TPSA) is 26.3 Å². The minimum absolute atomic E-state index is 0.0490. The van der Waals surface area contributed by atoms with Crippen molar-refractivity contribution in [2.24, 2.45) is 5.41 Å². The summed E-state index contributed by atoms with van der Waals surface area (Å²) in [6.45, 7) is 12.3. The number of ether oxygens (including phenoxy) is 1. The number of carbonyl (C=O) groups is 1. The largest absolute Gasteiger partial charge is 0.459 e. The summed E-state index contributed by atoms with van der Waals surface area (Å²) in [5.41, 5.74) is -0.629. The van der Waals surface area contributed by atoms with E-state index >= 15 is 0 Å². The summed E-state index contributed by atoms with van der Waals surface area (Å²) in [7, 11) is 0. The third-order valence-corrected chi connectivity index (χ3v) is 3.61. The summed E-state index contributed by atoms with van der Waals surface area (Å²) in [5.74, 6) is -0.0490. The highest BCUT2D eigenvalue weighted by Crippen LogP contribution is 2.30. The van der Waals surface area contributed by atoms with Crippen LogP contribution in [0.25, 0.3) is 0 Å². The molecule has 1 unspecified atom stereocenters. The van der Waals surface area contributed by atoms with Gasteiger partial charge in [-0.3, -0.25) is 4.79 Å². The first kappa shape index (κ1) is 16.5. The SMILES string of the molecule is CCCCC(C)(CCC)OC(=O)C(C)(C)CC. The van der Waals surface area contributed by atoms with Crippen molar-refractivity contribution < 1.29 is 9.53 Å². The minimum atomic E-state index is -0.360. The molecule has 2 heteroatoms. The van der Waals surface area contributed by atoms with Gasteiger partial charge in [-0.2, -0.15) is 0 Å². The van der Waals surface area contributed by atoms with Gasteiger partial charge < -0.3 is 4.74 Å². The third kappa shape index (κ3) is 5.56. The van der Waals surface area contributed by atoms with Gasteiger partial charge in [0, 0.05) is 0 Å². The fourth-order valence-corrected chi connectivity index (χ4v) is 1.81. The lowest BCUT2D eigenvalue weighted by Gasteiger charge is -2.33. The third-order valence-electron chi connectivity index (χ3n) is 3.61. The lowest BCUT2D eigenvalue weighted by Crippen LogP contribution is -2.37. The van der Waals surface area contributed by atoms with E-state index in [9.17, 15) is 4.79 Å². The average Bonchev–Trinajstić information content (AvgIpc) is 2.26. The molecule has 0 radical (unpaired) electrons. The quantitative estimate of drug-likeness (QED) is 0.576. The molecule has 0 saturated carbocycles. The van der Waals surface area contributed by atoms with Crippen LogP contribution in [-0.4, -0.2) is 11.6 Å². The van der Waals surface area contributed by atoms with Crippen molar-refractivity contribution in [1.82, 2.24) is 0 Å². The van der Waals surface area contributed by atoms with E-state index in [-0.39, 0.29) is 17.0 Å². The van der Waals surface area contributed by atoms with Gasteiger partial charge in [-0.25, -0.2) is 0 Å². The van der Waals surface area contributed by atoms with Crippen LogP contribution in [0.2, 0.25) is 0 Å². The second-order valence-electron chi connectivity index (χ2n) is 5.93. The van der Waals surface area contributed by atoms with Gasteiger partial charge in [-0.1, -0.05) is 33.6 Å². The normalized spacial score (nSPS) is 15.4. The maximum Gasteiger partial charge on any atom is 0.312 e. The maximum absolute atomic E-state index is 12.1. The molecule has 17 heavy (non-hydrogen) atoms. The van der Waals surface area contributed by atoms with E-state index in [1.165, 1.54) is 0 Å². The summed E-state index contributed by atoms with van der Waals surface area (Å²) in [6.07, 6.45) is 6.08. The second-order valence-corrected chi connectivity index (χ2v) is 5.93. The average molecular weight is 242 g/mol. The lowest BCUT2D eigenvalue weighted by molar-refractivity contribution is -0.170. The van der Waals surface area contributed by atoms with Crippen molar-refractivity contribution in [3.8, 4) is 0 Å². The standard InChI is InChI=1S/C15H30O2/c1-7-10-12-15(6,11-8-2)17-13(16)14(4,5)9-3/h7-12H2,1-6H3. The highest BCUT2D eigenvalue weighted by molar-refractivity contribution is 5.76. The number of unbranched alkanes of at least 4 members (excludes halogenated alkanes) is 1. The Morgan fingerprint density at radius 2 is 1.59 bits per heavy atom. The Balaban J connectivity index is 4.58. The van der Waals surface area contributed by atoms with Gasteiger partial charge in [0.2, 0.25) is 0 Å². The Morgan fingerprint density at radius 1 is 1.00 bits per heavy atom. The smallest absolute Gasteiger partial charge is 0.312 e. The lowest BCUT2D eigenvalue weighted by atomic mass is 9.88. The zero-order chi connectivity index (χ0) is 13.5. The van der Waals surface area contributed by atoms with Crippen molar-refractivity contribution >= 4 is 5.97 Å². The Kier molecular flexibility index (Phi) is 6.81. The summed E-state index contributed by atoms with van der Waals surface area (Å²) < 4.78 is 5.80. The summed E-state index contributed by atoms with van der Waals surface area (Å²) in [4.78, 5) is 12.1. The molecule has 1 atom stereocenters. The van der Waals surface area contributed by atoms with E-state index in [0.29, 0.717) is 0 Å². The molecule has 0 aliphatic heterocycles. The summed E-state index contributed by atoms with van der Waals surface area (Å²) in [5, 5.41) is 0. The minimum Gasteiger partial charge on any atom is -0.459 e. The second kappa shape index (κ2) is 7.03. The van der Waals surface area contributed by atoms with Crippen molar-refractivity contribution in [3.05, 3.63) is 0 Å². The first-order chi connectivity index (χ1) is 7.81. The molecule has 0 saturated heterocycles. The van der Waals surface area contributed by atoms with Crippen LogP contribution in [-0.2, 0) is 9.53 Å². The maximum atomic E-state index is 12.1. The van der Waals surface area contributed by atoms with Gasteiger partial charge in [-0.15, -0.1) is 0 Å². The fourth-order valence-electron chi connectivity index (χ4n) is 1.81. The van der Waals surface area contributed by atoms with Gasteiger partial charge in [0.05, 0.1) is 5.41 Å². The number of rotatable bonds is 8. The van der Waals surface area contributed by atoms with Crippen LogP contribution in [0.3, 0.4) is 0 Å². The van der Waals surface area contributed by atoms with Crippen molar-refractivity contribution in [2.45, 2.75) is 85.7 Å². The van der Waals surface area contributed by atoms with Crippen LogP contribution < -0.4 is 0 Å². The fraction of sp³-hybridized carbons (Fsp3) is 0.933. The van der Waals surface area contributed by atoms with Gasteiger partial charge in [0.1, 0.15) is 5.60 Å². The van der Waals surface area contributed by atoms with Crippen molar-refractivity contribution in [2.75, 3.05) is 0 Å². The Labute approximate surface area is 107 Å². The Morgan fingerprint density at radius 3 is 2.00 bits per heavy atom. The highest BCUT2D eigenvalue weighted by Gasteiger charge is 2.34. The molecule has 0 aromatic rings. The summed E-state index contributed by atoms with van der Waals surface area (Å²) >= 11 is 0. The van der Waals surface area contributed by atoms with Crippen LogP contribution in [0.15, 0.2) is 0 Å². The number of esters is 1. The highest BCUT2D eigenvalue weighted by atomic mass is 16.6. The molecule has 0 heterocycles. The van der Waals surface area contributed by atoms with E-state index in [1.54, 1.807) is 0 Å². The molecule has 0 fully saturated rings. The Bertz CT molecular complexity index is 233. The molecule has 0 spiro atoms. The number of carbonyl (C=O) groups excluding carboxylic acids is 1. The van der Waals surface area contributed by atoms with Gasteiger partial charge >= 0.3 is 5.97 Å². The first-order valence-corrected chi connectivity index (χ1v) is 7.04. The zero-order valence-corrected chi connectivity index (χ0v) is 12.6. The molecule has 2 nitrogen and oxygen atoms in total. The first-order valence-electron chi connectivity index (χ1n) is 7.04. The molecule has 0 bridgehead atoms. The van der Waals surface area contributed by atoms with Gasteiger partial charge in [0.15, 0.2) is 0 Å². The van der Waals surface area contributed by atoms with E-state index in [0.717, 1.165) is 38.5 Å². The molecular weight excluding hydrogens is 212 g/mol. The summed E-state index contributed by atoms with van der Waals surface area (Å²) in [6, 6.07) is 0. The van der Waals surface area contributed by atoms with Crippen LogP contribution in [0.5, 0.6) is 0 Å². The van der Waals surface area contributed by atoms with E-state index in [1.807, 2.05) is 20.8 Å². The molecule has 0 aromatic heterocycles. The predicted molar refractivity (Wildman–Crippen MR) is 73.0 cm³/mol. The van der Waals surface area contributed by atoms with E-state index in [4.69, 9.17) is 4.74 Å². The Hall–Kier alpha value is -0.530. The van der Waals surface area contributed by atoms with Crippen LogP contribution in [0.1, 0.15) is 80.1 Å². The number of hydrogen-bond donors (Lipinski definition) is 0. The molecule has 0 aliphatic rings. The van der Waals surface area contributed by atoms with Crippen LogP contribution >= 0.6 is 0 Å². The van der Waals surface area contributed by atoms with Gasteiger partial charge in [0.25, 0.3) is 0 Å². The molecule has 0 N–H and O–H groups in total. The van der Waals surface area contributed by atoms with Crippen molar-refractivity contribution in [1.29, 1.82) is 0 Å². The number of hydrogen-bond acceptors (Lipinski definition) is 2. The molecule has 0 rings (SSSR count). The van der Waals surface area contributed by atoms with Crippen LogP contribution in [0, 0.1) is 5.41 Å². The van der Waals surface area contributed by atoms with Crippen molar-refractivity contribution in [3.63, 3.8) is 0 Å². The molecule has 102 valence electrons.